The lowest BCUT2D eigenvalue weighted by atomic mass is 10.1. The molecule has 0 radical (unpaired) electrons. The molecule has 0 unspecified atom stereocenters. The van der Waals surface area contributed by atoms with Crippen molar-refractivity contribution in [1.29, 1.82) is 0 Å². The van der Waals surface area contributed by atoms with Gasteiger partial charge < -0.3 is 5.32 Å². The first-order valence-electron chi connectivity index (χ1n) is 11.4. The zero-order chi connectivity index (χ0) is 24.9. The Morgan fingerprint density at radius 2 is 1.74 bits per heavy atom. The largest absolute Gasteiger partial charge is 0.341 e. The first-order valence-corrected chi connectivity index (χ1v) is 11.4. The molecule has 3 rings (SSSR count). The fourth-order valence-corrected chi connectivity index (χ4v) is 3.42. The second-order valence-electron chi connectivity index (χ2n) is 7.08. The SMILES string of the molecule is C=C/C=C(\C=C)Nc1cc(=O)c2ccc(Cc3ccccc3)nc2n1C(/C=C\C)=C/C=C.CC. The van der Waals surface area contributed by atoms with Gasteiger partial charge in [0.25, 0.3) is 0 Å². The lowest BCUT2D eigenvalue weighted by molar-refractivity contribution is 1.04. The molecule has 2 heterocycles. The van der Waals surface area contributed by atoms with E-state index in [1.165, 1.54) is 0 Å². The molecule has 0 aliphatic heterocycles. The molecule has 0 aliphatic carbocycles. The van der Waals surface area contributed by atoms with Gasteiger partial charge in [-0.15, -0.1) is 0 Å². The van der Waals surface area contributed by atoms with Crippen molar-refractivity contribution in [2.24, 2.45) is 0 Å². The van der Waals surface area contributed by atoms with Gasteiger partial charge in [-0.1, -0.05) is 82.1 Å². The molecule has 2 aromatic heterocycles. The van der Waals surface area contributed by atoms with Gasteiger partial charge in [0.05, 0.1) is 5.39 Å². The summed E-state index contributed by atoms with van der Waals surface area (Å²) in [6.45, 7) is 17.4. The molecule has 1 N–H and O–H groups in total. The molecular formula is C30H33N3O. The van der Waals surface area contributed by atoms with Gasteiger partial charge in [0.2, 0.25) is 0 Å². The Balaban J connectivity index is 0.00000199. The van der Waals surface area contributed by atoms with E-state index in [9.17, 15) is 4.79 Å². The zero-order valence-electron chi connectivity index (χ0n) is 20.3. The fraction of sp³-hybridized carbons (Fsp3) is 0.133. The Kier molecular flexibility index (Phi) is 10.3. The van der Waals surface area contributed by atoms with Crippen molar-refractivity contribution < 1.29 is 0 Å². The third kappa shape index (κ3) is 6.42. The van der Waals surface area contributed by atoms with E-state index in [-0.39, 0.29) is 5.43 Å². The van der Waals surface area contributed by atoms with Crippen LogP contribution < -0.4 is 10.7 Å². The summed E-state index contributed by atoms with van der Waals surface area (Å²) >= 11 is 0. The van der Waals surface area contributed by atoms with Crippen LogP contribution in [-0.4, -0.2) is 9.55 Å². The number of nitrogens with one attached hydrogen (secondary N) is 1. The number of anilines is 1. The minimum atomic E-state index is -0.113. The molecule has 0 fully saturated rings. The number of pyridine rings is 2. The average molecular weight is 452 g/mol. The molecule has 34 heavy (non-hydrogen) atoms. The van der Waals surface area contributed by atoms with Crippen molar-refractivity contribution in [3.63, 3.8) is 0 Å². The van der Waals surface area contributed by atoms with Crippen molar-refractivity contribution in [2.75, 3.05) is 5.32 Å². The second-order valence-corrected chi connectivity index (χ2v) is 7.08. The standard InChI is InChI=1S/C28H27N3O.C2H6/c1-5-12-22(8-4)29-27-20-26(32)25-18-17-23(19-21-15-10-9-11-16-21)30-28(25)31(27)24(13-6-2)14-7-3;1-2/h5-18,20,29H,1-2,4,19H2,3H3;1-2H3/b14-7-,22-12+,24-13+;. The average Bonchev–Trinajstić information content (AvgIpc) is 2.85. The van der Waals surface area contributed by atoms with Crippen molar-refractivity contribution >= 4 is 22.5 Å². The Hall–Kier alpha value is -4.18. The lowest BCUT2D eigenvalue weighted by Crippen LogP contribution is -2.16. The van der Waals surface area contributed by atoms with E-state index in [2.05, 4.69) is 37.2 Å². The predicted molar refractivity (Wildman–Crippen MR) is 148 cm³/mol. The molecule has 0 aliphatic rings. The fourth-order valence-electron chi connectivity index (χ4n) is 3.42. The number of hydrogen-bond donors (Lipinski definition) is 1. The molecule has 0 spiro atoms. The number of aromatic nitrogens is 2. The monoisotopic (exact) mass is 451 g/mol. The molecule has 0 saturated carbocycles. The van der Waals surface area contributed by atoms with E-state index in [0.29, 0.717) is 29.0 Å². The van der Waals surface area contributed by atoms with Crippen LogP contribution in [0.25, 0.3) is 16.7 Å². The Labute approximate surface area is 202 Å². The highest BCUT2D eigenvalue weighted by Crippen LogP contribution is 2.24. The van der Waals surface area contributed by atoms with Crippen LogP contribution in [0.15, 0.2) is 121 Å². The van der Waals surface area contributed by atoms with Gasteiger partial charge in [-0.2, -0.15) is 0 Å². The quantitative estimate of drug-likeness (QED) is 0.348. The van der Waals surface area contributed by atoms with Crippen molar-refractivity contribution in [3.05, 3.63) is 138 Å². The van der Waals surface area contributed by atoms with Gasteiger partial charge in [0.15, 0.2) is 5.43 Å². The second kappa shape index (κ2) is 13.4. The summed E-state index contributed by atoms with van der Waals surface area (Å²) in [4.78, 5) is 17.9. The molecule has 3 aromatic rings. The van der Waals surface area contributed by atoms with Gasteiger partial charge in [0, 0.05) is 29.6 Å². The summed E-state index contributed by atoms with van der Waals surface area (Å²) in [7, 11) is 0. The maximum Gasteiger partial charge on any atom is 0.193 e. The highest BCUT2D eigenvalue weighted by Gasteiger charge is 2.14. The third-order valence-electron chi connectivity index (χ3n) is 4.82. The van der Waals surface area contributed by atoms with E-state index in [0.717, 1.165) is 17.0 Å². The minimum absolute atomic E-state index is 0.113. The van der Waals surface area contributed by atoms with Crippen molar-refractivity contribution in [3.8, 4) is 0 Å². The smallest absolute Gasteiger partial charge is 0.193 e. The van der Waals surface area contributed by atoms with E-state index in [1.54, 1.807) is 30.4 Å². The minimum Gasteiger partial charge on any atom is -0.341 e. The lowest BCUT2D eigenvalue weighted by Gasteiger charge is -2.19. The van der Waals surface area contributed by atoms with Gasteiger partial charge in [-0.25, -0.2) is 4.98 Å². The number of rotatable bonds is 9. The van der Waals surface area contributed by atoms with Crippen LogP contribution in [0.4, 0.5) is 5.82 Å². The highest BCUT2D eigenvalue weighted by atomic mass is 16.1. The highest BCUT2D eigenvalue weighted by molar-refractivity contribution is 5.84. The van der Waals surface area contributed by atoms with Gasteiger partial charge >= 0.3 is 0 Å². The zero-order valence-corrected chi connectivity index (χ0v) is 20.3. The topological polar surface area (TPSA) is 46.9 Å². The van der Waals surface area contributed by atoms with Crippen molar-refractivity contribution in [2.45, 2.75) is 27.2 Å². The van der Waals surface area contributed by atoms with E-state index < -0.39 is 0 Å². The number of allylic oxidation sites excluding steroid dienone is 8. The molecule has 0 saturated heterocycles. The Bertz CT molecular complexity index is 1290. The third-order valence-corrected chi connectivity index (χ3v) is 4.82. The van der Waals surface area contributed by atoms with Crippen LogP contribution >= 0.6 is 0 Å². The van der Waals surface area contributed by atoms with Crippen LogP contribution in [0.3, 0.4) is 0 Å². The molecule has 4 heteroatoms. The van der Waals surface area contributed by atoms with Crippen LogP contribution in [0.1, 0.15) is 32.0 Å². The molecule has 0 atom stereocenters. The van der Waals surface area contributed by atoms with Gasteiger partial charge in [0.1, 0.15) is 11.5 Å². The molecule has 0 bridgehead atoms. The maximum atomic E-state index is 13.0. The molecule has 1 aromatic carbocycles. The number of benzene rings is 1. The summed E-state index contributed by atoms with van der Waals surface area (Å²) in [5.74, 6) is 0.575. The molecule has 0 amide bonds. The van der Waals surface area contributed by atoms with Crippen molar-refractivity contribution in [1.82, 2.24) is 9.55 Å². The normalized spacial score (nSPS) is 11.6. The van der Waals surface area contributed by atoms with E-state index in [4.69, 9.17) is 4.98 Å². The number of hydrogen-bond acceptors (Lipinski definition) is 3. The van der Waals surface area contributed by atoms with Crippen LogP contribution in [0.5, 0.6) is 0 Å². The summed E-state index contributed by atoms with van der Waals surface area (Å²) < 4.78 is 1.92. The maximum absolute atomic E-state index is 13.0. The Morgan fingerprint density at radius 1 is 1.03 bits per heavy atom. The molecule has 174 valence electrons. The van der Waals surface area contributed by atoms with Crippen LogP contribution in [-0.2, 0) is 6.42 Å². The predicted octanol–water partition coefficient (Wildman–Crippen LogP) is 7.28. The van der Waals surface area contributed by atoms with E-state index in [1.807, 2.05) is 73.9 Å². The summed E-state index contributed by atoms with van der Waals surface area (Å²) in [5.41, 5.74) is 4.02. The van der Waals surface area contributed by atoms with Gasteiger partial charge in [-0.3, -0.25) is 9.36 Å². The first kappa shape index (κ1) is 26.1. The van der Waals surface area contributed by atoms with Crippen LogP contribution in [0, 0.1) is 0 Å². The summed E-state index contributed by atoms with van der Waals surface area (Å²) in [6, 6.07) is 15.5. The summed E-state index contributed by atoms with van der Waals surface area (Å²) in [6.07, 6.45) is 13.3. The number of nitrogens with zero attached hydrogens (tertiary/aromatic N) is 2. The van der Waals surface area contributed by atoms with E-state index >= 15 is 0 Å². The summed E-state index contributed by atoms with van der Waals surface area (Å²) in [5, 5.41) is 3.82. The molecule has 4 nitrogen and oxygen atoms in total. The Morgan fingerprint density at radius 3 is 2.35 bits per heavy atom. The van der Waals surface area contributed by atoms with Gasteiger partial charge in [-0.05, 0) is 48.9 Å². The number of fused-ring (bicyclic) bond motifs is 1. The first-order chi connectivity index (χ1) is 16.6. The van der Waals surface area contributed by atoms with Crippen LogP contribution in [0.2, 0.25) is 0 Å². The molecular weight excluding hydrogens is 418 g/mol.